The van der Waals surface area contributed by atoms with E-state index >= 15 is 0 Å². The van der Waals surface area contributed by atoms with Gasteiger partial charge in [0.2, 0.25) is 0 Å². The molecule has 142 valence electrons. The molecular weight excluding hydrogens is 372 g/mol. The van der Waals surface area contributed by atoms with Crippen LogP contribution < -0.4 is 10.5 Å². The normalized spacial score (nSPS) is 12.2. The van der Waals surface area contributed by atoms with Crippen LogP contribution in [0, 0.1) is 6.92 Å². The Hall–Kier alpha value is -2.89. The van der Waals surface area contributed by atoms with E-state index in [4.69, 9.17) is 22.1 Å². The van der Waals surface area contributed by atoms with Crippen LogP contribution in [0.25, 0.3) is 22.0 Å². The average Bonchev–Trinajstić information content (AvgIpc) is 3.09. The first kappa shape index (κ1) is 18.5. The molecule has 0 fully saturated rings. The van der Waals surface area contributed by atoms with Crippen molar-refractivity contribution in [2.75, 3.05) is 6.61 Å². The van der Waals surface area contributed by atoms with Crippen LogP contribution in [0.15, 0.2) is 60.9 Å². The zero-order chi connectivity index (χ0) is 19.5. The zero-order valence-corrected chi connectivity index (χ0v) is 16.3. The van der Waals surface area contributed by atoms with Gasteiger partial charge in [-0.1, -0.05) is 35.9 Å². The number of halogens is 1. The van der Waals surface area contributed by atoms with Gasteiger partial charge in [-0.3, -0.25) is 10.1 Å². The second-order valence-electron chi connectivity index (χ2n) is 6.86. The molecule has 1 unspecified atom stereocenters. The van der Waals surface area contributed by atoms with Crippen molar-refractivity contribution in [3.05, 3.63) is 77.2 Å². The first-order valence-electron chi connectivity index (χ1n) is 9.12. The van der Waals surface area contributed by atoms with Crippen LogP contribution in [0.3, 0.4) is 0 Å². The molecule has 5 nitrogen and oxygen atoms in total. The highest BCUT2D eigenvalue weighted by Crippen LogP contribution is 2.27. The molecule has 0 aliphatic heterocycles. The lowest BCUT2D eigenvalue weighted by Gasteiger charge is -2.14. The van der Waals surface area contributed by atoms with Crippen LogP contribution in [-0.2, 0) is 6.42 Å². The molecule has 0 aliphatic rings. The number of aryl methyl sites for hydroxylation is 1. The lowest BCUT2D eigenvalue weighted by molar-refractivity contribution is 0.287. The van der Waals surface area contributed by atoms with Gasteiger partial charge in [-0.25, -0.2) is 0 Å². The van der Waals surface area contributed by atoms with E-state index < -0.39 is 0 Å². The Labute approximate surface area is 168 Å². The Morgan fingerprint density at radius 3 is 2.82 bits per heavy atom. The predicted molar refractivity (Wildman–Crippen MR) is 113 cm³/mol. The summed E-state index contributed by atoms with van der Waals surface area (Å²) < 4.78 is 5.89. The van der Waals surface area contributed by atoms with Gasteiger partial charge in [-0.2, -0.15) is 5.10 Å². The molecule has 0 aliphatic carbocycles. The predicted octanol–water partition coefficient (Wildman–Crippen LogP) is 4.54. The molecule has 0 saturated heterocycles. The van der Waals surface area contributed by atoms with E-state index in [0.29, 0.717) is 18.8 Å². The monoisotopic (exact) mass is 392 g/mol. The number of nitrogens with two attached hydrogens (primary N) is 1. The van der Waals surface area contributed by atoms with Crippen LogP contribution in [0.2, 0.25) is 5.02 Å². The van der Waals surface area contributed by atoms with E-state index in [0.717, 1.165) is 38.3 Å². The molecule has 2 aromatic heterocycles. The van der Waals surface area contributed by atoms with Crippen molar-refractivity contribution in [2.24, 2.45) is 5.73 Å². The molecule has 2 aromatic carbocycles. The molecule has 0 amide bonds. The molecule has 6 heteroatoms. The van der Waals surface area contributed by atoms with E-state index in [1.54, 1.807) is 6.20 Å². The van der Waals surface area contributed by atoms with Gasteiger partial charge in [0.05, 0.1) is 11.7 Å². The van der Waals surface area contributed by atoms with Crippen molar-refractivity contribution in [3.8, 4) is 16.9 Å². The van der Waals surface area contributed by atoms with Crippen molar-refractivity contribution < 1.29 is 4.74 Å². The summed E-state index contributed by atoms with van der Waals surface area (Å²) in [5.74, 6) is 0.691. The Balaban J connectivity index is 1.46. The summed E-state index contributed by atoms with van der Waals surface area (Å²) in [4.78, 5) is 4.32. The third kappa shape index (κ3) is 4.01. The quantitative estimate of drug-likeness (QED) is 0.505. The first-order valence-corrected chi connectivity index (χ1v) is 9.50. The number of benzene rings is 2. The number of pyridine rings is 1. The van der Waals surface area contributed by atoms with Gasteiger partial charge in [-0.05, 0) is 48.7 Å². The van der Waals surface area contributed by atoms with Crippen LogP contribution in [-0.4, -0.2) is 27.8 Å². The number of aromatic nitrogens is 3. The molecule has 0 radical (unpaired) electrons. The highest BCUT2D eigenvalue weighted by atomic mass is 35.5. The van der Waals surface area contributed by atoms with Crippen LogP contribution in [0.5, 0.6) is 5.75 Å². The number of ether oxygens (including phenoxy) is 1. The largest absolute Gasteiger partial charge is 0.490 e. The molecule has 0 saturated carbocycles. The number of nitrogens with one attached hydrogen (secondary N) is 1. The first-order chi connectivity index (χ1) is 13.6. The Kier molecular flexibility index (Phi) is 5.28. The maximum Gasteiger partial charge on any atom is 0.138 e. The number of H-pyrrole nitrogens is 1. The van der Waals surface area contributed by atoms with Gasteiger partial charge in [-0.15, -0.1) is 0 Å². The fourth-order valence-corrected chi connectivity index (χ4v) is 3.39. The van der Waals surface area contributed by atoms with Crippen molar-refractivity contribution in [3.63, 3.8) is 0 Å². The Bertz CT molecular complexity index is 1110. The van der Waals surface area contributed by atoms with Crippen molar-refractivity contribution in [1.29, 1.82) is 0 Å². The molecule has 1 atom stereocenters. The van der Waals surface area contributed by atoms with Crippen LogP contribution in [0.4, 0.5) is 0 Å². The standard InChI is InChI=1S/C22H21ClN4O/c1-14-20-10-15(6-7-22(20)27-26-14)17-9-19(12-25-11-17)28-13-18(24)8-16-4-2-3-5-21(16)23/h2-7,9-12,18H,8,13,24H2,1H3,(H,26,27). The maximum absolute atomic E-state index is 6.22. The minimum absolute atomic E-state index is 0.159. The maximum atomic E-state index is 6.22. The van der Waals surface area contributed by atoms with E-state index in [1.807, 2.05) is 55.6 Å². The minimum atomic E-state index is -0.159. The molecule has 4 aromatic rings. The third-order valence-electron chi connectivity index (χ3n) is 4.70. The third-order valence-corrected chi connectivity index (χ3v) is 5.06. The average molecular weight is 393 g/mol. The van der Waals surface area contributed by atoms with Crippen LogP contribution >= 0.6 is 11.6 Å². The molecule has 0 spiro atoms. The Morgan fingerprint density at radius 1 is 1.11 bits per heavy atom. The number of hydrogen-bond donors (Lipinski definition) is 2. The summed E-state index contributed by atoms with van der Waals surface area (Å²) in [7, 11) is 0. The van der Waals surface area contributed by atoms with Crippen molar-refractivity contribution in [2.45, 2.75) is 19.4 Å². The topological polar surface area (TPSA) is 76.8 Å². The lowest BCUT2D eigenvalue weighted by Crippen LogP contribution is -2.30. The van der Waals surface area contributed by atoms with E-state index in [2.05, 4.69) is 21.2 Å². The molecular formula is C22H21ClN4O. The van der Waals surface area contributed by atoms with Gasteiger partial charge in [0.1, 0.15) is 12.4 Å². The van der Waals surface area contributed by atoms with Gasteiger partial charge >= 0.3 is 0 Å². The van der Waals surface area contributed by atoms with Gasteiger partial charge in [0.25, 0.3) is 0 Å². The number of hydrogen-bond acceptors (Lipinski definition) is 4. The minimum Gasteiger partial charge on any atom is -0.490 e. The van der Waals surface area contributed by atoms with Gasteiger partial charge in [0.15, 0.2) is 0 Å². The molecule has 0 bridgehead atoms. The smallest absolute Gasteiger partial charge is 0.138 e. The number of nitrogens with zero attached hydrogens (tertiary/aromatic N) is 2. The SMILES string of the molecule is Cc1[nH]nc2ccc(-c3cncc(OCC(N)Cc4ccccc4Cl)c3)cc12. The summed E-state index contributed by atoms with van der Waals surface area (Å²) in [5, 5.41) is 9.11. The second-order valence-corrected chi connectivity index (χ2v) is 7.26. The fraction of sp³-hybridized carbons (Fsp3) is 0.182. The summed E-state index contributed by atoms with van der Waals surface area (Å²) in [5.41, 5.74) is 11.3. The molecule has 28 heavy (non-hydrogen) atoms. The molecule has 4 rings (SSSR count). The fourth-order valence-electron chi connectivity index (χ4n) is 3.18. The summed E-state index contributed by atoms with van der Waals surface area (Å²) >= 11 is 6.21. The highest BCUT2D eigenvalue weighted by molar-refractivity contribution is 6.31. The summed E-state index contributed by atoms with van der Waals surface area (Å²) in [6.45, 7) is 2.40. The van der Waals surface area contributed by atoms with Gasteiger partial charge < -0.3 is 10.5 Å². The summed E-state index contributed by atoms with van der Waals surface area (Å²) in [6.07, 6.45) is 4.18. The van der Waals surface area contributed by atoms with Crippen molar-refractivity contribution in [1.82, 2.24) is 15.2 Å². The van der Waals surface area contributed by atoms with E-state index in [1.165, 1.54) is 0 Å². The molecule has 2 heterocycles. The second kappa shape index (κ2) is 8.00. The lowest BCUT2D eigenvalue weighted by atomic mass is 10.0. The number of rotatable bonds is 6. The molecule has 3 N–H and O–H groups in total. The zero-order valence-electron chi connectivity index (χ0n) is 15.5. The number of aromatic amines is 1. The van der Waals surface area contributed by atoms with Crippen LogP contribution in [0.1, 0.15) is 11.3 Å². The van der Waals surface area contributed by atoms with Gasteiger partial charge in [0, 0.05) is 33.9 Å². The van der Waals surface area contributed by atoms with E-state index in [9.17, 15) is 0 Å². The summed E-state index contributed by atoms with van der Waals surface area (Å²) in [6, 6.07) is 15.7. The van der Waals surface area contributed by atoms with Crippen molar-refractivity contribution >= 4 is 22.5 Å². The van der Waals surface area contributed by atoms with E-state index in [-0.39, 0.29) is 6.04 Å². The Morgan fingerprint density at radius 2 is 1.96 bits per heavy atom. The highest BCUT2D eigenvalue weighted by Gasteiger charge is 2.10. The number of fused-ring (bicyclic) bond motifs is 1.